The SMILES string of the molecule is CCCCNC(=O)[C@H](C)N(Cc1ccccc1)C(=O)CCCN(c1cc(Cl)ccc1C)S(C)(=O)=O. The first-order valence-electron chi connectivity index (χ1n) is 11.9. The van der Waals surface area contributed by atoms with Crippen LogP contribution >= 0.6 is 11.6 Å². The largest absolute Gasteiger partial charge is 0.354 e. The van der Waals surface area contributed by atoms with Crippen molar-refractivity contribution in [2.75, 3.05) is 23.7 Å². The maximum absolute atomic E-state index is 13.3. The second-order valence-corrected chi connectivity index (χ2v) is 11.0. The molecule has 1 atom stereocenters. The second kappa shape index (κ2) is 13.5. The van der Waals surface area contributed by atoms with Crippen molar-refractivity contribution < 1.29 is 18.0 Å². The fourth-order valence-corrected chi connectivity index (χ4v) is 4.91. The summed E-state index contributed by atoms with van der Waals surface area (Å²) in [4.78, 5) is 27.5. The van der Waals surface area contributed by atoms with Crippen LogP contribution in [0.4, 0.5) is 5.69 Å². The highest BCUT2D eigenvalue weighted by atomic mass is 35.5. The van der Waals surface area contributed by atoms with Gasteiger partial charge in [0, 0.05) is 31.1 Å². The summed E-state index contributed by atoms with van der Waals surface area (Å²) >= 11 is 6.10. The van der Waals surface area contributed by atoms with Crippen LogP contribution in [0.5, 0.6) is 0 Å². The Balaban J connectivity index is 2.15. The van der Waals surface area contributed by atoms with Crippen LogP contribution in [-0.2, 0) is 26.2 Å². The number of nitrogens with one attached hydrogen (secondary N) is 1. The van der Waals surface area contributed by atoms with Crippen LogP contribution in [-0.4, -0.2) is 50.5 Å². The number of amides is 2. The molecule has 0 aliphatic carbocycles. The molecule has 1 N–H and O–H groups in total. The van der Waals surface area contributed by atoms with Gasteiger partial charge in [0.25, 0.3) is 0 Å². The van der Waals surface area contributed by atoms with Crippen molar-refractivity contribution in [2.24, 2.45) is 0 Å². The molecule has 0 bridgehead atoms. The number of nitrogens with zero attached hydrogens (tertiary/aromatic N) is 2. The predicted octanol–water partition coefficient (Wildman–Crippen LogP) is 4.53. The Morgan fingerprint density at radius 3 is 2.40 bits per heavy atom. The summed E-state index contributed by atoms with van der Waals surface area (Å²) in [5, 5.41) is 3.34. The molecule has 2 aromatic rings. The molecule has 0 aliphatic rings. The molecular formula is C26H36ClN3O4S. The monoisotopic (exact) mass is 521 g/mol. The van der Waals surface area contributed by atoms with Crippen LogP contribution in [0.3, 0.4) is 0 Å². The first-order valence-corrected chi connectivity index (χ1v) is 14.1. The zero-order valence-electron chi connectivity index (χ0n) is 21.0. The summed E-state index contributed by atoms with van der Waals surface area (Å²) in [6.07, 6.45) is 3.37. The molecular weight excluding hydrogens is 486 g/mol. The second-order valence-electron chi connectivity index (χ2n) is 8.70. The van der Waals surface area contributed by atoms with Crippen LogP contribution in [0, 0.1) is 6.92 Å². The Hall–Kier alpha value is -2.58. The van der Waals surface area contributed by atoms with E-state index >= 15 is 0 Å². The van der Waals surface area contributed by atoms with Crippen molar-refractivity contribution in [2.45, 2.75) is 59.0 Å². The van der Waals surface area contributed by atoms with E-state index in [2.05, 4.69) is 5.32 Å². The van der Waals surface area contributed by atoms with Crippen LogP contribution in [0.2, 0.25) is 5.02 Å². The highest BCUT2D eigenvalue weighted by Crippen LogP contribution is 2.27. The molecule has 0 saturated heterocycles. The Kier molecular flexibility index (Phi) is 11.0. The molecule has 7 nitrogen and oxygen atoms in total. The van der Waals surface area contributed by atoms with Crippen LogP contribution in [0.25, 0.3) is 0 Å². The van der Waals surface area contributed by atoms with Crippen LogP contribution in [0.1, 0.15) is 50.7 Å². The van der Waals surface area contributed by atoms with Crippen LogP contribution in [0.15, 0.2) is 48.5 Å². The van der Waals surface area contributed by atoms with Gasteiger partial charge in [0.15, 0.2) is 0 Å². The Morgan fingerprint density at radius 1 is 1.09 bits per heavy atom. The zero-order valence-corrected chi connectivity index (χ0v) is 22.5. The fraction of sp³-hybridized carbons (Fsp3) is 0.462. The van der Waals surface area contributed by atoms with Crippen molar-refractivity contribution in [3.05, 3.63) is 64.7 Å². The summed E-state index contributed by atoms with van der Waals surface area (Å²) in [5.41, 5.74) is 2.19. The molecule has 0 aliphatic heterocycles. The van der Waals surface area contributed by atoms with Gasteiger partial charge in [-0.25, -0.2) is 8.42 Å². The molecule has 0 aromatic heterocycles. The van der Waals surface area contributed by atoms with Crippen LogP contribution < -0.4 is 9.62 Å². The third-order valence-corrected chi connectivity index (χ3v) is 7.20. The van der Waals surface area contributed by atoms with E-state index in [0.29, 0.717) is 30.2 Å². The van der Waals surface area contributed by atoms with Gasteiger partial charge in [-0.05, 0) is 49.9 Å². The van der Waals surface area contributed by atoms with Gasteiger partial charge in [0.1, 0.15) is 6.04 Å². The lowest BCUT2D eigenvalue weighted by molar-refractivity contribution is -0.140. The molecule has 0 saturated carbocycles. The fourth-order valence-electron chi connectivity index (χ4n) is 3.73. The standard InChI is InChI=1S/C26H36ClN3O4S/c1-5-6-16-28-26(32)21(3)29(19-22-11-8-7-9-12-22)25(31)13-10-17-30(35(4,33)34)24-18-23(27)15-14-20(24)2/h7-9,11-12,14-15,18,21H,5-6,10,13,16-17,19H2,1-4H3,(H,28,32)/t21-/m0/s1. The number of hydrogen-bond acceptors (Lipinski definition) is 4. The summed E-state index contributed by atoms with van der Waals surface area (Å²) in [7, 11) is -3.58. The highest BCUT2D eigenvalue weighted by Gasteiger charge is 2.26. The Bertz CT molecular complexity index is 1090. The average Bonchev–Trinajstić information content (AvgIpc) is 2.81. The molecule has 2 aromatic carbocycles. The van der Waals surface area contributed by atoms with E-state index in [1.54, 1.807) is 30.0 Å². The Morgan fingerprint density at radius 2 is 1.77 bits per heavy atom. The molecule has 9 heteroatoms. The van der Waals surface area contributed by atoms with Crippen molar-refractivity contribution in [3.63, 3.8) is 0 Å². The van der Waals surface area contributed by atoms with Gasteiger partial charge in [-0.15, -0.1) is 0 Å². The molecule has 0 radical (unpaired) electrons. The summed E-state index contributed by atoms with van der Waals surface area (Å²) in [6.45, 7) is 6.57. The Labute approximate surface area is 214 Å². The molecule has 2 amide bonds. The van der Waals surface area contributed by atoms with E-state index in [0.717, 1.165) is 30.2 Å². The summed E-state index contributed by atoms with van der Waals surface area (Å²) < 4.78 is 26.3. The number of carbonyl (C=O) groups is 2. The molecule has 0 unspecified atom stereocenters. The first kappa shape index (κ1) is 28.7. The van der Waals surface area contributed by atoms with E-state index in [1.807, 2.05) is 44.2 Å². The number of sulfonamides is 1. The third kappa shape index (κ3) is 8.85. The quantitative estimate of drug-likeness (QED) is 0.392. The number of benzene rings is 2. The molecule has 192 valence electrons. The van der Waals surface area contributed by atoms with Gasteiger partial charge >= 0.3 is 0 Å². The minimum absolute atomic E-state index is 0.102. The molecule has 0 fully saturated rings. The minimum atomic E-state index is -3.58. The maximum atomic E-state index is 13.3. The van der Waals surface area contributed by atoms with Crippen molar-refractivity contribution >= 4 is 39.1 Å². The van der Waals surface area contributed by atoms with Gasteiger partial charge in [0.05, 0.1) is 11.9 Å². The molecule has 2 rings (SSSR count). The number of hydrogen-bond donors (Lipinski definition) is 1. The summed E-state index contributed by atoms with van der Waals surface area (Å²) in [5.74, 6) is -0.404. The normalized spacial score (nSPS) is 12.1. The van der Waals surface area contributed by atoms with Crippen molar-refractivity contribution in [1.82, 2.24) is 10.2 Å². The van der Waals surface area contributed by atoms with Gasteiger partial charge in [-0.3, -0.25) is 13.9 Å². The zero-order chi connectivity index (χ0) is 26.0. The summed E-state index contributed by atoms with van der Waals surface area (Å²) in [6, 6.07) is 13.9. The van der Waals surface area contributed by atoms with Crippen molar-refractivity contribution in [1.29, 1.82) is 0 Å². The van der Waals surface area contributed by atoms with Gasteiger partial charge in [-0.1, -0.05) is 61.3 Å². The maximum Gasteiger partial charge on any atom is 0.242 e. The lowest BCUT2D eigenvalue weighted by Gasteiger charge is -2.29. The predicted molar refractivity (Wildman–Crippen MR) is 142 cm³/mol. The van der Waals surface area contributed by atoms with Gasteiger partial charge in [-0.2, -0.15) is 0 Å². The smallest absolute Gasteiger partial charge is 0.242 e. The van der Waals surface area contributed by atoms with E-state index < -0.39 is 16.1 Å². The minimum Gasteiger partial charge on any atom is -0.354 e. The van der Waals surface area contributed by atoms with E-state index in [9.17, 15) is 18.0 Å². The number of rotatable bonds is 13. The third-order valence-electron chi connectivity index (χ3n) is 5.78. The highest BCUT2D eigenvalue weighted by molar-refractivity contribution is 7.92. The molecule has 35 heavy (non-hydrogen) atoms. The lowest BCUT2D eigenvalue weighted by atomic mass is 10.1. The van der Waals surface area contributed by atoms with Gasteiger partial charge in [0.2, 0.25) is 21.8 Å². The number of unbranched alkanes of at least 4 members (excludes halogenated alkanes) is 1. The number of carbonyl (C=O) groups excluding carboxylic acids is 2. The first-order chi connectivity index (χ1) is 16.5. The van der Waals surface area contributed by atoms with E-state index in [1.165, 1.54) is 4.31 Å². The number of aryl methyl sites for hydroxylation is 1. The number of halogens is 1. The topological polar surface area (TPSA) is 86.8 Å². The van der Waals surface area contributed by atoms with Gasteiger partial charge < -0.3 is 10.2 Å². The van der Waals surface area contributed by atoms with E-state index in [4.69, 9.17) is 11.6 Å². The molecule has 0 heterocycles. The average molecular weight is 522 g/mol. The number of anilines is 1. The van der Waals surface area contributed by atoms with E-state index in [-0.39, 0.29) is 24.8 Å². The molecule has 0 spiro atoms. The van der Waals surface area contributed by atoms with Crippen molar-refractivity contribution in [3.8, 4) is 0 Å². The lowest BCUT2D eigenvalue weighted by Crippen LogP contribution is -2.48.